The number of hydrogen-bond acceptors (Lipinski definition) is 0. The van der Waals surface area contributed by atoms with Crippen LogP contribution in [0.25, 0.3) is 0 Å². The number of H-pyrrole nitrogens is 1. The molecule has 1 heterocycles. The number of pyridine rings is 1. The van der Waals surface area contributed by atoms with E-state index in [1.54, 1.807) is 4.90 Å². The van der Waals surface area contributed by atoms with Gasteiger partial charge in [0.2, 0.25) is 0 Å². The minimum Gasteiger partial charge on any atom is -0.334 e. The number of rotatable bonds is 4. The molecular formula is C13H22N2+2. The maximum atomic E-state index is 3.30. The van der Waals surface area contributed by atoms with Gasteiger partial charge in [-0.2, -0.15) is 0 Å². The second-order valence-electron chi connectivity index (χ2n) is 4.72. The van der Waals surface area contributed by atoms with Crippen molar-refractivity contribution in [2.75, 3.05) is 13.6 Å². The highest BCUT2D eigenvalue weighted by molar-refractivity contribution is 4.96. The van der Waals surface area contributed by atoms with Crippen molar-refractivity contribution >= 4 is 0 Å². The van der Waals surface area contributed by atoms with Crippen LogP contribution in [-0.4, -0.2) is 19.6 Å². The molecule has 2 heteroatoms. The summed E-state index contributed by atoms with van der Waals surface area (Å²) in [6.45, 7) is 1.26. The fourth-order valence-corrected chi connectivity index (χ4v) is 2.54. The normalized spacial score (nSPS) is 19.3. The Kier molecular flexibility index (Phi) is 3.73. The molecule has 2 nitrogen and oxygen atoms in total. The van der Waals surface area contributed by atoms with Crippen molar-refractivity contribution in [2.45, 2.75) is 38.1 Å². The number of aromatic amines is 1. The lowest BCUT2D eigenvalue weighted by Gasteiger charge is -2.19. The number of likely N-dealkylation sites (N-methyl/N-ethyl adjacent to an activating group) is 1. The molecule has 1 fully saturated rings. The van der Waals surface area contributed by atoms with E-state index in [9.17, 15) is 0 Å². The Labute approximate surface area is 92.3 Å². The first-order chi connectivity index (χ1) is 7.36. The highest BCUT2D eigenvalue weighted by Gasteiger charge is 2.22. The van der Waals surface area contributed by atoms with Crippen LogP contribution in [0.4, 0.5) is 0 Å². The molecular weight excluding hydrogens is 184 g/mol. The Morgan fingerprint density at radius 1 is 1.33 bits per heavy atom. The van der Waals surface area contributed by atoms with Gasteiger partial charge in [0.1, 0.15) is 0 Å². The molecule has 2 N–H and O–H groups in total. The van der Waals surface area contributed by atoms with E-state index in [1.165, 1.54) is 44.3 Å². The number of nitrogens with one attached hydrogen (secondary N) is 2. The average molecular weight is 206 g/mol. The van der Waals surface area contributed by atoms with Gasteiger partial charge < -0.3 is 4.90 Å². The zero-order chi connectivity index (χ0) is 10.5. The fraction of sp³-hybridized carbons (Fsp3) is 0.615. The summed E-state index contributed by atoms with van der Waals surface area (Å²) in [5.74, 6) is 0. The SMILES string of the molecule is C[NH+](CCc1cccc[nH+]1)C1CCCC1. The predicted molar refractivity (Wildman–Crippen MR) is 60.7 cm³/mol. The number of aromatic nitrogens is 1. The molecule has 0 aliphatic heterocycles. The van der Waals surface area contributed by atoms with Gasteiger partial charge in [-0.1, -0.05) is 6.07 Å². The first-order valence-electron chi connectivity index (χ1n) is 6.14. The monoisotopic (exact) mass is 206 g/mol. The smallest absolute Gasteiger partial charge is 0.185 e. The van der Waals surface area contributed by atoms with Gasteiger partial charge in [0.05, 0.1) is 26.1 Å². The van der Waals surface area contributed by atoms with E-state index in [0.29, 0.717) is 0 Å². The lowest BCUT2D eigenvalue weighted by Crippen LogP contribution is -3.13. The molecule has 0 aromatic carbocycles. The number of hydrogen-bond donors (Lipinski definition) is 1. The summed E-state index contributed by atoms with van der Waals surface area (Å²) in [5, 5.41) is 0. The largest absolute Gasteiger partial charge is 0.334 e. The van der Waals surface area contributed by atoms with E-state index in [1.807, 2.05) is 12.3 Å². The molecule has 0 radical (unpaired) electrons. The molecule has 1 aromatic heterocycles. The minimum absolute atomic E-state index is 0.925. The van der Waals surface area contributed by atoms with Crippen LogP contribution >= 0.6 is 0 Å². The van der Waals surface area contributed by atoms with Crippen LogP contribution in [0.5, 0.6) is 0 Å². The Morgan fingerprint density at radius 3 is 2.80 bits per heavy atom. The maximum absolute atomic E-state index is 3.30. The topological polar surface area (TPSA) is 18.6 Å². The van der Waals surface area contributed by atoms with Crippen molar-refractivity contribution in [1.82, 2.24) is 0 Å². The summed E-state index contributed by atoms with van der Waals surface area (Å²) >= 11 is 0. The Balaban J connectivity index is 1.77. The van der Waals surface area contributed by atoms with Gasteiger partial charge in [-0.05, 0) is 25.7 Å². The van der Waals surface area contributed by atoms with Crippen molar-refractivity contribution in [3.63, 3.8) is 0 Å². The third-order valence-corrected chi connectivity index (χ3v) is 3.61. The Hall–Kier alpha value is -0.890. The second kappa shape index (κ2) is 5.26. The summed E-state index contributed by atoms with van der Waals surface area (Å²) in [6.07, 6.45) is 8.94. The summed E-state index contributed by atoms with van der Waals surface area (Å²) in [6, 6.07) is 7.25. The predicted octanol–water partition coefficient (Wildman–Crippen LogP) is 0.501. The van der Waals surface area contributed by atoms with Gasteiger partial charge in [-0.15, -0.1) is 0 Å². The second-order valence-corrected chi connectivity index (χ2v) is 4.72. The zero-order valence-corrected chi connectivity index (χ0v) is 9.63. The van der Waals surface area contributed by atoms with Crippen LogP contribution in [0, 0.1) is 0 Å². The van der Waals surface area contributed by atoms with Crippen LogP contribution in [-0.2, 0) is 6.42 Å². The fourth-order valence-electron chi connectivity index (χ4n) is 2.54. The molecule has 1 aromatic rings. The summed E-state index contributed by atoms with van der Waals surface area (Å²) in [4.78, 5) is 5.01. The van der Waals surface area contributed by atoms with Crippen molar-refractivity contribution in [3.05, 3.63) is 30.1 Å². The third-order valence-electron chi connectivity index (χ3n) is 3.61. The van der Waals surface area contributed by atoms with E-state index >= 15 is 0 Å². The van der Waals surface area contributed by atoms with Gasteiger partial charge in [0, 0.05) is 12.1 Å². The van der Waals surface area contributed by atoms with E-state index in [-0.39, 0.29) is 0 Å². The van der Waals surface area contributed by atoms with Crippen LogP contribution in [0.15, 0.2) is 24.4 Å². The molecule has 1 aliphatic carbocycles. The van der Waals surface area contributed by atoms with Crippen LogP contribution in [0.3, 0.4) is 0 Å². The van der Waals surface area contributed by atoms with Gasteiger partial charge in [0.25, 0.3) is 0 Å². The van der Waals surface area contributed by atoms with Gasteiger partial charge in [-0.3, -0.25) is 0 Å². The quantitative estimate of drug-likeness (QED) is 0.740. The van der Waals surface area contributed by atoms with E-state index in [0.717, 1.165) is 6.04 Å². The molecule has 1 saturated carbocycles. The van der Waals surface area contributed by atoms with Crippen molar-refractivity contribution in [3.8, 4) is 0 Å². The third kappa shape index (κ3) is 3.03. The molecule has 1 aliphatic rings. The molecule has 15 heavy (non-hydrogen) atoms. The van der Waals surface area contributed by atoms with Crippen LogP contribution < -0.4 is 9.88 Å². The Morgan fingerprint density at radius 2 is 2.13 bits per heavy atom. The minimum atomic E-state index is 0.925. The molecule has 0 saturated heterocycles. The lowest BCUT2D eigenvalue weighted by molar-refractivity contribution is -0.905. The van der Waals surface area contributed by atoms with E-state index in [2.05, 4.69) is 24.2 Å². The van der Waals surface area contributed by atoms with E-state index in [4.69, 9.17) is 0 Å². The summed E-state index contributed by atoms with van der Waals surface area (Å²) in [7, 11) is 2.35. The van der Waals surface area contributed by atoms with Crippen LogP contribution in [0.2, 0.25) is 0 Å². The van der Waals surface area contributed by atoms with Gasteiger partial charge in [-0.25, -0.2) is 4.98 Å². The van der Waals surface area contributed by atoms with Gasteiger partial charge in [0.15, 0.2) is 11.9 Å². The van der Waals surface area contributed by atoms with E-state index < -0.39 is 0 Å². The first kappa shape index (κ1) is 10.6. The Bertz CT molecular complexity index is 278. The van der Waals surface area contributed by atoms with Crippen LogP contribution in [0.1, 0.15) is 31.4 Å². The van der Waals surface area contributed by atoms with Gasteiger partial charge >= 0.3 is 0 Å². The summed E-state index contributed by atoms with van der Waals surface area (Å²) in [5.41, 5.74) is 1.36. The molecule has 0 amide bonds. The highest BCUT2D eigenvalue weighted by atomic mass is 15.1. The molecule has 82 valence electrons. The molecule has 2 rings (SSSR count). The lowest BCUT2D eigenvalue weighted by atomic mass is 10.2. The van der Waals surface area contributed by atoms with Crippen molar-refractivity contribution in [1.29, 1.82) is 0 Å². The first-order valence-corrected chi connectivity index (χ1v) is 6.14. The summed E-state index contributed by atoms with van der Waals surface area (Å²) < 4.78 is 0. The molecule has 1 atom stereocenters. The molecule has 0 spiro atoms. The molecule has 1 unspecified atom stereocenters. The zero-order valence-electron chi connectivity index (χ0n) is 9.63. The highest BCUT2D eigenvalue weighted by Crippen LogP contribution is 2.14. The van der Waals surface area contributed by atoms with Crippen molar-refractivity contribution in [2.24, 2.45) is 0 Å². The standard InChI is InChI=1S/C13H20N2/c1-15(13-7-2-3-8-13)11-9-12-6-4-5-10-14-12/h4-6,10,13H,2-3,7-9,11H2,1H3/p+2. The number of quaternary nitrogens is 1. The maximum Gasteiger partial charge on any atom is 0.185 e. The molecule has 0 bridgehead atoms. The van der Waals surface area contributed by atoms with Crippen molar-refractivity contribution < 1.29 is 9.88 Å². The average Bonchev–Trinajstić information content (AvgIpc) is 2.81.